The summed E-state index contributed by atoms with van der Waals surface area (Å²) in [6.07, 6.45) is 0.912. The van der Waals surface area contributed by atoms with Crippen LogP contribution < -0.4 is 5.32 Å². The molecule has 0 aliphatic heterocycles. The summed E-state index contributed by atoms with van der Waals surface area (Å²) in [5, 5.41) is 23.7. The topological polar surface area (TPSA) is 52.5 Å². The average molecular weight is 286 g/mol. The van der Waals surface area contributed by atoms with Crippen LogP contribution in [0.4, 0.5) is 0 Å². The number of hydrogen-bond acceptors (Lipinski definition) is 3. The molecule has 0 heterocycles. The van der Waals surface area contributed by atoms with Gasteiger partial charge in [-0.15, -0.1) is 0 Å². The Labute approximate surface area is 120 Å². The number of aliphatic hydroxyl groups is 2. The second-order valence-corrected chi connectivity index (χ2v) is 5.25. The fraction of sp³-hybridized carbons (Fsp3) is 0.600. The van der Waals surface area contributed by atoms with Crippen LogP contribution in [-0.4, -0.2) is 29.4 Å². The Morgan fingerprint density at radius 3 is 2.32 bits per heavy atom. The third-order valence-electron chi connectivity index (χ3n) is 3.55. The maximum absolute atomic E-state index is 10.0. The Morgan fingerprint density at radius 1 is 1.11 bits per heavy atom. The number of hydrogen-bond donors (Lipinski definition) is 3. The summed E-state index contributed by atoms with van der Waals surface area (Å²) in [6.45, 7) is 5.04. The molecule has 1 rings (SSSR count). The van der Waals surface area contributed by atoms with E-state index >= 15 is 0 Å². The van der Waals surface area contributed by atoms with Crippen LogP contribution in [0, 0.1) is 5.92 Å². The monoisotopic (exact) mass is 285 g/mol. The molecule has 0 bridgehead atoms. The number of halogens is 1. The van der Waals surface area contributed by atoms with E-state index in [1.165, 1.54) is 0 Å². The summed E-state index contributed by atoms with van der Waals surface area (Å²) in [4.78, 5) is 0. The van der Waals surface area contributed by atoms with Crippen molar-refractivity contribution in [2.75, 3.05) is 13.1 Å². The lowest BCUT2D eigenvalue weighted by atomic mass is 9.96. The molecule has 0 fully saturated rings. The smallest absolute Gasteiger partial charge is 0.0928 e. The Bertz CT molecular complexity index is 369. The summed E-state index contributed by atoms with van der Waals surface area (Å²) >= 11 is 6.02. The Balaban J connectivity index is 2.39. The summed E-state index contributed by atoms with van der Waals surface area (Å²) < 4.78 is 0. The molecule has 2 unspecified atom stereocenters. The molecule has 0 aliphatic rings. The molecule has 0 aliphatic carbocycles. The maximum Gasteiger partial charge on any atom is 0.0928 e. The van der Waals surface area contributed by atoms with Gasteiger partial charge in [0.15, 0.2) is 0 Å². The first-order valence-electron chi connectivity index (χ1n) is 6.91. The minimum absolute atomic E-state index is 0.310. The van der Waals surface area contributed by atoms with Gasteiger partial charge in [0.25, 0.3) is 0 Å². The first-order valence-corrected chi connectivity index (χ1v) is 7.29. The minimum atomic E-state index is -0.650. The van der Waals surface area contributed by atoms with Gasteiger partial charge in [-0.1, -0.05) is 56.5 Å². The van der Waals surface area contributed by atoms with Crippen LogP contribution in [0.15, 0.2) is 24.3 Å². The van der Waals surface area contributed by atoms with Crippen molar-refractivity contribution < 1.29 is 10.2 Å². The van der Waals surface area contributed by atoms with Crippen LogP contribution in [0.3, 0.4) is 0 Å². The van der Waals surface area contributed by atoms with Crippen LogP contribution in [0.25, 0.3) is 0 Å². The third kappa shape index (κ3) is 5.11. The van der Waals surface area contributed by atoms with Crippen molar-refractivity contribution in [3.05, 3.63) is 34.9 Å². The average Bonchev–Trinajstić information content (AvgIpc) is 2.40. The van der Waals surface area contributed by atoms with Gasteiger partial charge in [0.1, 0.15) is 0 Å². The van der Waals surface area contributed by atoms with Gasteiger partial charge < -0.3 is 15.5 Å². The summed E-state index contributed by atoms with van der Waals surface area (Å²) in [6, 6.07) is 7.26. The number of nitrogens with one attached hydrogen (secondary N) is 1. The second-order valence-electron chi connectivity index (χ2n) is 4.84. The van der Waals surface area contributed by atoms with Crippen molar-refractivity contribution in [3.8, 4) is 0 Å². The van der Waals surface area contributed by atoms with E-state index in [2.05, 4.69) is 19.2 Å². The quantitative estimate of drug-likeness (QED) is 0.688. The van der Waals surface area contributed by atoms with E-state index in [9.17, 15) is 10.2 Å². The highest BCUT2D eigenvalue weighted by atomic mass is 35.5. The van der Waals surface area contributed by atoms with Crippen molar-refractivity contribution in [2.45, 2.75) is 38.9 Å². The summed E-state index contributed by atoms with van der Waals surface area (Å²) in [7, 11) is 0. The zero-order valence-corrected chi connectivity index (χ0v) is 12.4. The molecule has 0 saturated heterocycles. The Kier molecular flexibility index (Phi) is 7.39. The van der Waals surface area contributed by atoms with Gasteiger partial charge in [-0.2, -0.15) is 0 Å². The van der Waals surface area contributed by atoms with Crippen LogP contribution in [-0.2, 0) is 0 Å². The van der Waals surface area contributed by atoms with E-state index in [0.717, 1.165) is 12.8 Å². The van der Waals surface area contributed by atoms with Gasteiger partial charge in [0, 0.05) is 23.7 Å². The lowest BCUT2D eigenvalue weighted by molar-refractivity contribution is 0.0945. The molecule has 0 aromatic heterocycles. The third-order valence-corrected chi connectivity index (χ3v) is 3.89. The van der Waals surface area contributed by atoms with Crippen molar-refractivity contribution in [2.24, 2.45) is 5.92 Å². The SMILES string of the molecule is CCC(CC)C(O)CNCC(O)c1ccccc1Cl. The molecule has 3 nitrogen and oxygen atoms in total. The predicted molar refractivity (Wildman–Crippen MR) is 79.4 cm³/mol. The zero-order chi connectivity index (χ0) is 14.3. The zero-order valence-electron chi connectivity index (χ0n) is 11.6. The van der Waals surface area contributed by atoms with Crippen molar-refractivity contribution in [1.82, 2.24) is 5.32 Å². The molecule has 3 N–H and O–H groups in total. The van der Waals surface area contributed by atoms with Crippen molar-refractivity contribution in [3.63, 3.8) is 0 Å². The molecule has 0 saturated carbocycles. The lowest BCUT2D eigenvalue weighted by Crippen LogP contribution is -2.34. The van der Waals surface area contributed by atoms with E-state index < -0.39 is 6.10 Å². The van der Waals surface area contributed by atoms with Crippen molar-refractivity contribution >= 4 is 11.6 Å². The molecule has 4 heteroatoms. The molecule has 1 aromatic carbocycles. The fourth-order valence-corrected chi connectivity index (χ4v) is 2.48. The molecule has 0 spiro atoms. The first kappa shape index (κ1) is 16.4. The van der Waals surface area contributed by atoms with Crippen LogP contribution in [0.5, 0.6) is 0 Å². The van der Waals surface area contributed by atoms with E-state index in [1.54, 1.807) is 6.07 Å². The highest BCUT2D eigenvalue weighted by Crippen LogP contribution is 2.22. The van der Waals surface area contributed by atoms with E-state index in [1.807, 2.05) is 18.2 Å². The summed E-state index contributed by atoms with van der Waals surface area (Å²) in [5.74, 6) is 0.310. The fourth-order valence-electron chi connectivity index (χ4n) is 2.22. The molecule has 0 radical (unpaired) electrons. The lowest BCUT2D eigenvalue weighted by Gasteiger charge is -2.21. The molecule has 1 aromatic rings. The van der Waals surface area contributed by atoms with E-state index in [-0.39, 0.29) is 6.10 Å². The van der Waals surface area contributed by atoms with Gasteiger partial charge in [0.05, 0.1) is 12.2 Å². The van der Waals surface area contributed by atoms with Gasteiger partial charge in [-0.3, -0.25) is 0 Å². The number of rotatable bonds is 8. The summed E-state index contributed by atoms with van der Waals surface area (Å²) in [5.41, 5.74) is 0.716. The van der Waals surface area contributed by atoms with E-state index in [4.69, 9.17) is 11.6 Å². The van der Waals surface area contributed by atoms with Gasteiger partial charge >= 0.3 is 0 Å². The van der Waals surface area contributed by atoms with Crippen LogP contribution >= 0.6 is 11.6 Å². The second kappa shape index (κ2) is 8.54. The predicted octanol–water partition coefficient (Wildman–Crippen LogP) is 2.76. The highest BCUT2D eigenvalue weighted by molar-refractivity contribution is 6.31. The Hall–Kier alpha value is -0.610. The molecule has 108 valence electrons. The van der Waals surface area contributed by atoms with Crippen LogP contribution in [0.2, 0.25) is 5.02 Å². The highest BCUT2D eigenvalue weighted by Gasteiger charge is 2.16. The molecular weight excluding hydrogens is 262 g/mol. The molecule has 2 atom stereocenters. The molecule has 0 amide bonds. The first-order chi connectivity index (χ1) is 9.10. The van der Waals surface area contributed by atoms with Crippen LogP contribution in [0.1, 0.15) is 38.4 Å². The van der Waals surface area contributed by atoms with Gasteiger partial charge in [-0.25, -0.2) is 0 Å². The van der Waals surface area contributed by atoms with E-state index in [0.29, 0.717) is 29.6 Å². The molecular formula is C15H24ClNO2. The number of benzene rings is 1. The van der Waals surface area contributed by atoms with Gasteiger partial charge in [-0.05, 0) is 12.0 Å². The van der Waals surface area contributed by atoms with Gasteiger partial charge in [0.2, 0.25) is 0 Å². The normalized spacial score (nSPS) is 14.6. The standard InChI is InChI=1S/C15H24ClNO2/c1-3-11(4-2)14(18)9-17-10-15(19)12-7-5-6-8-13(12)16/h5-8,11,14-15,17-19H,3-4,9-10H2,1-2H3. The largest absolute Gasteiger partial charge is 0.392 e. The number of aliphatic hydroxyl groups excluding tert-OH is 2. The maximum atomic E-state index is 10.0. The van der Waals surface area contributed by atoms with Crippen molar-refractivity contribution in [1.29, 1.82) is 0 Å². The Morgan fingerprint density at radius 2 is 1.74 bits per heavy atom. The minimum Gasteiger partial charge on any atom is -0.392 e. The molecule has 19 heavy (non-hydrogen) atoms.